The highest BCUT2D eigenvalue weighted by atomic mass is 32.2. The molecular weight excluding hydrogens is 366 g/mol. The van der Waals surface area contributed by atoms with Crippen molar-refractivity contribution in [2.24, 2.45) is 11.7 Å². The first kappa shape index (κ1) is 21.3. The van der Waals surface area contributed by atoms with Crippen LogP contribution in [0.5, 0.6) is 0 Å². The lowest BCUT2D eigenvalue weighted by Crippen LogP contribution is -2.39. The minimum atomic E-state index is -3.65. The van der Waals surface area contributed by atoms with Crippen LogP contribution in [0.4, 0.5) is 0 Å². The van der Waals surface area contributed by atoms with E-state index in [9.17, 15) is 18.0 Å². The Kier molecular flexibility index (Phi) is 6.97. The van der Waals surface area contributed by atoms with Gasteiger partial charge in [0.2, 0.25) is 5.91 Å². The van der Waals surface area contributed by atoms with Gasteiger partial charge in [-0.2, -0.15) is 0 Å². The number of nitrogens with one attached hydrogen (secondary N) is 1. The maximum Gasteiger partial charge on any atom is 0.271 e. The second kappa shape index (κ2) is 8.82. The van der Waals surface area contributed by atoms with E-state index < -0.39 is 27.7 Å². The predicted molar refractivity (Wildman–Crippen MR) is 103 cm³/mol. The summed E-state index contributed by atoms with van der Waals surface area (Å²) in [6, 6.07) is 1.16. The first-order valence-corrected chi connectivity index (χ1v) is 11.1. The topological polar surface area (TPSA) is 119 Å². The van der Waals surface area contributed by atoms with Crippen molar-refractivity contribution in [2.75, 3.05) is 5.75 Å². The molecule has 1 fully saturated rings. The van der Waals surface area contributed by atoms with Crippen molar-refractivity contribution in [3.05, 3.63) is 23.5 Å². The van der Waals surface area contributed by atoms with Crippen molar-refractivity contribution in [1.29, 1.82) is 0 Å². The van der Waals surface area contributed by atoms with Gasteiger partial charge in [0.15, 0.2) is 9.84 Å². The third-order valence-corrected chi connectivity index (χ3v) is 6.53. The van der Waals surface area contributed by atoms with Crippen molar-refractivity contribution in [2.45, 2.75) is 69.7 Å². The summed E-state index contributed by atoms with van der Waals surface area (Å²) in [6.07, 6.45) is 4.94. The number of carbonyl (C=O) groups excluding carboxylic acids is 2. The number of sulfone groups is 1. The number of hydrogen-bond acceptors (Lipinski definition) is 5. The van der Waals surface area contributed by atoms with Gasteiger partial charge in [0, 0.05) is 18.7 Å². The molecule has 150 valence electrons. The van der Waals surface area contributed by atoms with E-state index in [4.69, 9.17) is 5.73 Å². The summed E-state index contributed by atoms with van der Waals surface area (Å²) in [5.41, 5.74) is 6.00. The van der Waals surface area contributed by atoms with Gasteiger partial charge in [0.1, 0.15) is 5.69 Å². The van der Waals surface area contributed by atoms with Gasteiger partial charge in [0.05, 0.1) is 10.6 Å². The van der Waals surface area contributed by atoms with Crippen LogP contribution in [0.15, 0.2) is 17.2 Å². The van der Waals surface area contributed by atoms with Crippen LogP contribution in [0.1, 0.15) is 74.8 Å². The highest BCUT2D eigenvalue weighted by Gasteiger charge is 2.30. The minimum absolute atomic E-state index is 0.00775. The highest BCUT2D eigenvalue weighted by molar-refractivity contribution is 7.91. The van der Waals surface area contributed by atoms with Gasteiger partial charge in [-0.25, -0.2) is 13.4 Å². The largest absolute Gasteiger partial charge is 0.370 e. The van der Waals surface area contributed by atoms with Crippen molar-refractivity contribution in [3.8, 4) is 0 Å². The van der Waals surface area contributed by atoms with Crippen LogP contribution in [0.2, 0.25) is 0 Å². The lowest BCUT2D eigenvalue weighted by Gasteiger charge is -2.18. The van der Waals surface area contributed by atoms with E-state index >= 15 is 0 Å². The zero-order chi connectivity index (χ0) is 20.2. The number of pyridine rings is 1. The third-order valence-electron chi connectivity index (χ3n) is 4.45. The van der Waals surface area contributed by atoms with Gasteiger partial charge in [-0.05, 0) is 42.7 Å². The SMILES string of the molecule is CCC[C@@H](CC(N)=O)NC(=O)c1ncc(C2CC2)cc1S(=O)(=O)CC(C)C. The van der Waals surface area contributed by atoms with Crippen LogP contribution < -0.4 is 11.1 Å². The van der Waals surface area contributed by atoms with E-state index in [1.165, 1.54) is 0 Å². The van der Waals surface area contributed by atoms with Gasteiger partial charge in [0.25, 0.3) is 5.91 Å². The summed E-state index contributed by atoms with van der Waals surface area (Å²) in [6.45, 7) is 5.57. The first-order valence-electron chi connectivity index (χ1n) is 9.45. The number of aromatic nitrogens is 1. The molecule has 0 saturated heterocycles. The number of hydrogen-bond donors (Lipinski definition) is 2. The molecule has 0 bridgehead atoms. The van der Waals surface area contributed by atoms with E-state index in [1.54, 1.807) is 12.3 Å². The number of amides is 2. The number of rotatable bonds is 10. The van der Waals surface area contributed by atoms with E-state index in [-0.39, 0.29) is 28.7 Å². The quantitative estimate of drug-likeness (QED) is 0.629. The number of nitrogens with two attached hydrogens (primary N) is 1. The van der Waals surface area contributed by atoms with Crippen LogP contribution >= 0.6 is 0 Å². The molecule has 1 atom stereocenters. The summed E-state index contributed by atoms with van der Waals surface area (Å²) in [7, 11) is -3.65. The lowest BCUT2D eigenvalue weighted by molar-refractivity contribution is -0.118. The summed E-state index contributed by atoms with van der Waals surface area (Å²) >= 11 is 0. The van der Waals surface area contributed by atoms with Crippen LogP contribution in [0.3, 0.4) is 0 Å². The molecule has 1 aromatic heterocycles. The van der Waals surface area contributed by atoms with Crippen molar-refractivity contribution in [3.63, 3.8) is 0 Å². The first-order chi connectivity index (χ1) is 12.6. The normalized spacial score (nSPS) is 15.6. The molecule has 2 amide bonds. The van der Waals surface area contributed by atoms with E-state index in [2.05, 4.69) is 10.3 Å². The minimum Gasteiger partial charge on any atom is -0.370 e. The molecule has 0 radical (unpaired) electrons. The fraction of sp³-hybridized carbons (Fsp3) is 0.632. The Bertz CT molecular complexity index is 801. The molecule has 1 heterocycles. The van der Waals surface area contributed by atoms with Gasteiger partial charge in [-0.3, -0.25) is 9.59 Å². The van der Waals surface area contributed by atoms with Crippen LogP contribution in [0.25, 0.3) is 0 Å². The van der Waals surface area contributed by atoms with Gasteiger partial charge >= 0.3 is 0 Å². The number of carbonyl (C=O) groups is 2. The summed E-state index contributed by atoms with van der Waals surface area (Å²) in [5, 5.41) is 2.73. The lowest BCUT2D eigenvalue weighted by atomic mass is 10.1. The fourth-order valence-electron chi connectivity index (χ4n) is 3.11. The molecule has 0 aliphatic heterocycles. The Morgan fingerprint density at radius 1 is 1.33 bits per heavy atom. The molecule has 1 aromatic rings. The highest BCUT2D eigenvalue weighted by Crippen LogP contribution is 2.40. The Hall–Kier alpha value is -1.96. The number of nitrogens with zero attached hydrogens (tertiary/aromatic N) is 1. The van der Waals surface area contributed by atoms with Gasteiger partial charge in [-0.15, -0.1) is 0 Å². The predicted octanol–water partition coefficient (Wildman–Crippen LogP) is 2.16. The summed E-state index contributed by atoms with van der Waals surface area (Å²) < 4.78 is 25.7. The Morgan fingerprint density at radius 2 is 2.00 bits per heavy atom. The Labute approximate surface area is 161 Å². The second-order valence-electron chi connectivity index (χ2n) is 7.69. The summed E-state index contributed by atoms with van der Waals surface area (Å²) in [4.78, 5) is 28.2. The van der Waals surface area contributed by atoms with E-state index in [0.29, 0.717) is 12.3 Å². The molecule has 0 aromatic carbocycles. The molecule has 1 aliphatic rings. The second-order valence-corrected chi connectivity index (χ2v) is 9.70. The molecule has 3 N–H and O–H groups in total. The van der Waals surface area contributed by atoms with Gasteiger partial charge < -0.3 is 11.1 Å². The molecule has 8 heteroatoms. The van der Waals surface area contributed by atoms with Crippen molar-refractivity contribution >= 4 is 21.7 Å². The van der Waals surface area contributed by atoms with Crippen LogP contribution in [-0.4, -0.2) is 37.0 Å². The molecule has 0 unspecified atom stereocenters. The average molecular weight is 396 g/mol. The standard InChI is InChI=1S/C19H29N3O4S/c1-4-5-15(9-17(20)23)22-19(24)18-16(27(25,26)11-12(2)3)8-14(10-21-18)13-6-7-13/h8,10,12-13,15H,4-7,9,11H2,1-3H3,(H2,20,23)(H,22,24)/t15-/m0/s1. The van der Waals surface area contributed by atoms with Crippen molar-refractivity contribution in [1.82, 2.24) is 10.3 Å². The molecule has 27 heavy (non-hydrogen) atoms. The molecule has 1 aliphatic carbocycles. The Morgan fingerprint density at radius 3 is 2.52 bits per heavy atom. The van der Waals surface area contributed by atoms with Gasteiger partial charge in [-0.1, -0.05) is 27.2 Å². The zero-order valence-corrected chi connectivity index (χ0v) is 17.0. The maximum atomic E-state index is 12.9. The molecule has 2 rings (SSSR count). The molecular formula is C19H29N3O4S. The monoisotopic (exact) mass is 395 g/mol. The van der Waals surface area contributed by atoms with E-state index in [0.717, 1.165) is 24.8 Å². The molecule has 0 spiro atoms. The van der Waals surface area contributed by atoms with Crippen LogP contribution in [-0.2, 0) is 14.6 Å². The van der Waals surface area contributed by atoms with Crippen molar-refractivity contribution < 1.29 is 18.0 Å². The maximum absolute atomic E-state index is 12.9. The van der Waals surface area contributed by atoms with Crippen LogP contribution in [0, 0.1) is 5.92 Å². The summed E-state index contributed by atoms with van der Waals surface area (Å²) in [5.74, 6) is -0.899. The Balaban J connectivity index is 2.36. The zero-order valence-electron chi connectivity index (χ0n) is 16.2. The van der Waals surface area contributed by atoms with E-state index in [1.807, 2.05) is 20.8 Å². The fourth-order valence-corrected chi connectivity index (χ4v) is 4.92. The molecule has 7 nitrogen and oxygen atoms in total. The molecule has 1 saturated carbocycles. The average Bonchev–Trinajstić information content (AvgIpc) is 3.37. The number of primary amides is 1. The third kappa shape index (κ3) is 6.02. The smallest absolute Gasteiger partial charge is 0.271 e.